The first-order valence-corrected chi connectivity index (χ1v) is 10.4. The molecule has 7 nitrogen and oxygen atoms in total. The van der Waals surface area contributed by atoms with Gasteiger partial charge in [-0.3, -0.25) is 4.90 Å². The second-order valence-electron chi connectivity index (χ2n) is 6.62. The maximum absolute atomic E-state index is 12.9. The number of nitrogens with one attached hydrogen (secondary N) is 1. The van der Waals surface area contributed by atoms with Crippen molar-refractivity contribution in [2.75, 3.05) is 40.0 Å². The van der Waals surface area contributed by atoms with Gasteiger partial charge in [0.2, 0.25) is 10.0 Å². The van der Waals surface area contributed by atoms with Crippen LogP contribution in [0.5, 0.6) is 5.75 Å². The summed E-state index contributed by atoms with van der Waals surface area (Å²) in [7, 11) is -2.08. The Morgan fingerprint density at radius 1 is 1.22 bits per heavy atom. The minimum atomic E-state index is -3.66. The summed E-state index contributed by atoms with van der Waals surface area (Å²) in [6, 6.07) is 6.76. The highest BCUT2D eigenvalue weighted by molar-refractivity contribution is 7.89. The standard InChI is InChI=1S/C19H26N2O5S/c1-14-11-16(12-15(2)19(14)24-3)27(22,23)20-13-17(18-5-4-8-26-18)21-6-9-25-10-7-21/h4-5,8,11-12,17,20H,6-7,9-10,13H2,1-3H3. The van der Waals surface area contributed by atoms with Crippen molar-refractivity contribution in [2.45, 2.75) is 24.8 Å². The Hall–Kier alpha value is -1.87. The number of sulfonamides is 1. The number of nitrogens with zero attached hydrogens (tertiary/aromatic N) is 1. The van der Waals surface area contributed by atoms with Crippen LogP contribution < -0.4 is 9.46 Å². The van der Waals surface area contributed by atoms with Gasteiger partial charge < -0.3 is 13.9 Å². The van der Waals surface area contributed by atoms with Crippen molar-refractivity contribution in [2.24, 2.45) is 0 Å². The Kier molecular flexibility index (Phi) is 6.21. The number of furan rings is 1. The van der Waals surface area contributed by atoms with Gasteiger partial charge in [0, 0.05) is 19.6 Å². The summed E-state index contributed by atoms with van der Waals surface area (Å²) >= 11 is 0. The van der Waals surface area contributed by atoms with Crippen molar-refractivity contribution in [3.63, 3.8) is 0 Å². The number of morpholine rings is 1. The average Bonchev–Trinajstić information content (AvgIpc) is 3.17. The Balaban J connectivity index is 1.80. The van der Waals surface area contributed by atoms with Crippen molar-refractivity contribution >= 4 is 10.0 Å². The van der Waals surface area contributed by atoms with E-state index in [1.165, 1.54) is 0 Å². The van der Waals surface area contributed by atoms with Crippen LogP contribution in [0.3, 0.4) is 0 Å². The lowest BCUT2D eigenvalue weighted by Crippen LogP contribution is -2.43. The Bertz CT molecular complexity index is 835. The van der Waals surface area contributed by atoms with Gasteiger partial charge in [0.15, 0.2) is 0 Å². The largest absolute Gasteiger partial charge is 0.496 e. The van der Waals surface area contributed by atoms with Crippen LogP contribution in [-0.4, -0.2) is 53.3 Å². The maximum atomic E-state index is 12.9. The van der Waals surface area contributed by atoms with Crippen molar-refractivity contribution in [3.05, 3.63) is 47.4 Å². The molecule has 1 saturated heterocycles. The van der Waals surface area contributed by atoms with Crippen LogP contribution >= 0.6 is 0 Å². The van der Waals surface area contributed by atoms with Gasteiger partial charge in [-0.25, -0.2) is 13.1 Å². The molecular formula is C19H26N2O5S. The fourth-order valence-corrected chi connectivity index (χ4v) is 4.65. The number of rotatable bonds is 7. The zero-order valence-electron chi connectivity index (χ0n) is 15.9. The topological polar surface area (TPSA) is 81.0 Å². The molecule has 1 aromatic heterocycles. The number of ether oxygens (including phenoxy) is 2. The lowest BCUT2D eigenvalue weighted by molar-refractivity contribution is 0.0128. The van der Waals surface area contributed by atoms with Gasteiger partial charge in [-0.15, -0.1) is 0 Å². The summed E-state index contributed by atoms with van der Waals surface area (Å²) in [5.74, 6) is 1.44. The number of benzene rings is 1. The monoisotopic (exact) mass is 394 g/mol. The molecule has 1 aromatic carbocycles. The van der Waals surface area contributed by atoms with Gasteiger partial charge in [-0.2, -0.15) is 0 Å². The van der Waals surface area contributed by atoms with Crippen LogP contribution in [0.4, 0.5) is 0 Å². The molecular weight excluding hydrogens is 368 g/mol. The average molecular weight is 394 g/mol. The summed E-state index contributed by atoms with van der Waals surface area (Å²) in [5.41, 5.74) is 1.57. The molecule has 0 spiro atoms. The van der Waals surface area contributed by atoms with Crippen LogP contribution in [0.15, 0.2) is 39.8 Å². The fraction of sp³-hybridized carbons (Fsp3) is 0.474. The van der Waals surface area contributed by atoms with Crippen molar-refractivity contribution in [1.82, 2.24) is 9.62 Å². The zero-order valence-corrected chi connectivity index (χ0v) is 16.7. The summed E-state index contributed by atoms with van der Waals surface area (Å²) in [6.45, 7) is 6.61. The second-order valence-corrected chi connectivity index (χ2v) is 8.39. The maximum Gasteiger partial charge on any atom is 0.240 e. The molecule has 0 aliphatic carbocycles. The van der Waals surface area contributed by atoms with E-state index in [2.05, 4.69) is 9.62 Å². The third-order valence-electron chi connectivity index (χ3n) is 4.77. The van der Waals surface area contributed by atoms with Crippen LogP contribution in [0, 0.1) is 13.8 Å². The van der Waals surface area contributed by atoms with Crippen LogP contribution in [0.25, 0.3) is 0 Å². The number of hydrogen-bond donors (Lipinski definition) is 1. The molecule has 1 atom stereocenters. The molecule has 0 bridgehead atoms. The second kappa shape index (κ2) is 8.43. The van der Waals surface area contributed by atoms with E-state index in [0.29, 0.717) is 19.0 Å². The van der Waals surface area contributed by atoms with Gasteiger partial charge in [0.25, 0.3) is 0 Å². The highest BCUT2D eigenvalue weighted by atomic mass is 32.2. The van der Waals surface area contributed by atoms with Crippen molar-refractivity contribution < 1.29 is 22.3 Å². The van der Waals surface area contributed by atoms with E-state index in [4.69, 9.17) is 13.9 Å². The molecule has 1 unspecified atom stereocenters. The van der Waals surface area contributed by atoms with Gasteiger partial charge in [-0.1, -0.05) is 0 Å². The van der Waals surface area contributed by atoms with Crippen LogP contribution in [-0.2, 0) is 14.8 Å². The van der Waals surface area contributed by atoms with Crippen LogP contribution in [0.1, 0.15) is 22.9 Å². The van der Waals surface area contributed by atoms with Gasteiger partial charge in [0.1, 0.15) is 11.5 Å². The molecule has 1 N–H and O–H groups in total. The first kappa shape index (κ1) is 19.9. The quantitative estimate of drug-likeness (QED) is 0.776. The van der Waals surface area contributed by atoms with E-state index in [1.54, 1.807) is 25.5 Å². The summed E-state index contributed by atoms with van der Waals surface area (Å²) in [5, 5.41) is 0. The van der Waals surface area contributed by atoms with Crippen molar-refractivity contribution in [1.29, 1.82) is 0 Å². The van der Waals surface area contributed by atoms with E-state index < -0.39 is 10.0 Å². The normalized spacial score (nSPS) is 17.0. The lowest BCUT2D eigenvalue weighted by Gasteiger charge is -2.33. The molecule has 2 heterocycles. The first-order chi connectivity index (χ1) is 12.9. The molecule has 3 rings (SSSR count). The van der Waals surface area contributed by atoms with Crippen LogP contribution in [0.2, 0.25) is 0 Å². The van der Waals surface area contributed by atoms with Crippen molar-refractivity contribution in [3.8, 4) is 5.75 Å². The van der Waals surface area contributed by atoms with E-state index in [9.17, 15) is 8.42 Å². The summed E-state index contributed by atoms with van der Waals surface area (Å²) < 4.78 is 44.8. The minimum absolute atomic E-state index is 0.181. The Morgan fingerprint density at radius 2 is 1.89 bits per heavy atom. The third-order valence-corrected chi connectivity index (χ3v) is 6.18. The predicted molar refractivity (Wildman–Crippen MR) is 101 cm³/mol. The molecule has 2 aromatic rings. The molecule has 8 heteroatoms. The Morgan fingerprint density at radius 3 is 2.44 bits per heavy atom. The fourth-order valence-electron chi connectivity index (χ4n) is 3.44. The summed E-state index contributed by atoms with van der Waals surface area (Å²) in [6.07, 6.45) is 1.60. The van der Waals surface area contributed by atoms with E-state index in [-0.39, 0.29) is 17.5 Å². The highest BCUT2D eigenvalue weighted by Gasteiger charge is 2.27. The SMILES string of the molecule is COc1c(C)cc(S(=O)(=O)NCC(c2ccco2)N2CCOCC2)cc1C. The minimum Gasteiger partial charge on any atom is -0.496 e. The molecule has 1 fully saturated rings. The molecule has 27 heavy (non-hydrogen) atoms. The molecule has 1 aliphatic rings. The van der Waals surface area contributed by atoms with Gasteiger partial charge >= 0.3 is 0 Å². The van der Waals surface area contributed by atoms with Gasteiger partial charge in [0.05, 0.1) is 37.5 Å². The molecule has 148 valence electrons. The zero-order chi connectivity index (χ0) is 19.4. The van der Waals surface area contributed by atoms with E-state index in [0.717, 1.165) is 30.0 Å². The molecule has 0 saturated carbocycles. The smallest absolute Gasteiger partial charge is 0.240 e. The Labute approximate surface area is 160 Å². The van der Waals surface area contributed by atoms with E-state index in [1.807, 2.05) is 26.0 Å². The third kappa shape index (κ3) is 4.52. The molecule has 0 amide bonds. The summed E-state index contributed by atoms with van der Waals surface area (Å²) in [4.78, 5) is 2.41. The first-order valence-electron chi connectivity index (χ1n) is 8.92. The molecule has 1 aliphatic heterocycles. The lowest BCUT2D eigenvalue weighted by atomic mass is 10.1. The van der Waals surface area contributed by atoms with Gasteiger partial charge in [-0.05, 0) is 49.2 Å². The number of methoxy groups -OCH3 is 1. The van der Waals surface area contributed by atoms with E-state index >= 15 is 0 Å². The highest BCUT2D eigenvalue weighted by Crippen LogP contribution is 2.27. The number of aryl methyl sites for hydroxylation is 2. The molecule has 0 radical (unpaired) electrons. The predicted octanol–water partition coefficient (Wildman–Crippen LogP) is 2.26. The number of hydrogen-bond acceptors (Lipinski definition) is 6.